The molecule has 3 aromatic rings. The van der Waals surface area contributed by atoms with Gasteiger partial charge < -0.3 is 9.47 Å². The fourth-order valence-electron chi connectivity index (χ4n) is 2.14. The number of benzene rings is 1. The Balaban J connectivity index is 1.78. The number of methoxy groups -OCH3 is 2. The number of amides is 1. The van der Waals surface area contributed by atoms with Crippen molar-refractivity contribution in [1.82, 2.24) is 9.97 Å². The van der Waals surface area contributed by atoms with Gasteiger partial charge >= 0.3 is 5.97 Å². The van der Waals surface area contributed by atoms with Crippen LogP contribution in [0, 0.1) is 6.92 Å². The molecule has 0 unspecified atom stereocenters. The number of hydrogen-bond donors (Lipinski definition) is 1. The second-order valence-corrected chi connectivity index (χ2v) is 7.17. The van der Waals surface area contributed by atoms with Gasteiger partial charge in [-0.05, 0) is 31.2 Å². The molecule has 0 aliphatic rings. The Morgan fingerprint density at radius 2 is 1.85 bits per heavy atom. The maximum atomic E-state index is 12.5. The SMILES string of the molecule is COC(=O)c1cnc(NC(=O)c2sc(-c3ccc(OC)cc3)nc2C)s1. The van der Waals surface area contributed by atoms with E-state index in [0.29, 0.717) is 20.6 Å². The first kappa shape index (κ1) is 18.0. The highest BCUT2D eigenvalue weighted by molar-refractivity contribution is 7.18. The van der Waals surface area contributed by atoms with E-state index in [9.17, 15) is 9.59 Å². The molecule has 0 radical (unpaired) electrons. The molecule has 0 fully saturated rings. The van der Waals surface area contributed by atoms with Gasteiger partial charge in [-0.25, -0.2) is 14.8 Å². The molecule has 1 N–H and O–H groups in total. The topological polar surface area (TPSA) is 90.4 Å². The molecule has 1 amide bonds. The number of rotatable bonds is 5. The normalized spacial score (nSPS) is 10.4. The number of anilines is 1. The van der Waals surface area contributed by atoms with Crippen LogP contribution in [0.15, 0.2) is 30.5 Å². The zero-order valence-electron chi connectivity index (χ0n) is 14.2. The highest BCUT2D eigenvalue weighted by Crippen LogP contribution is 2.30. The molecule has 0 saturated carbocycles. The minimum absolute atomic E-state index is 0.314. The van der Waals surface area contributed by atoms with Crippen molar-refractivity contribution >= 4 is 39.7 Å². The van der Waals surface area contributed by atoms with Gasteiger partial charge in [0.1, 0.15) is 20.5 Å². The Kier molecular flexibility index (Phi) is 5.29. The van der Waals surface area contributed by atoms with E-state index in [1.807, 2.05) is 24.3 Å². The summed E-state index contributed by atoms with van der Waals surface area (Å²) in [5, 5.41) is 3.76. The third-order valence-corrected chi connectivity index (χ3v) is 5.55. The van der Waals surface area contributed by atoms with Crippen molar-refractivity contribution < 1.29 is 19.1 Å². The number of nitrogens with one attached hydrogen (secondary N) is 1. The number of ether oxygens (including phenoxy) is 2. The number of hydrogen-bond acceptors (Lipinski definition) is 8. The van der Waals surface area contributed by atoms with Gasteiger partial charge in [0.05, 0.1) is 26.1 Å². The van der Waals surface area contributed by atoms with Gasteiger partial charge in [0.2, 0.25) is 0 Å². The fourth-order valence-corrected chi connectivity index (χ4v) is 3.84. The maximum Gasteiger partial charge on any atom is 0.349 e. The van der Waals surface area contributed by atoms with Crippen LogP contribution < -0.4 is 10.1 Å². The zero-order chi connectivity index (χ0) is 18.7. The minimum Gasteiger partial charge on any atom is -0.497 e. The first-order valence-corrected chi connectivity index (χ1v) is 9.12. The fraction of sp³-hybridized carbons (Fsp3) is 0.176. The number of carbonyl (C=O) groups is 2. The molecule has 3 rings (SSSR count). The van der Waals surface area contributed by atoms with Gasteiger partial charge in [0, 0.05) is 5.56 Å². The van der Waals surface area contributed by atoms with Gasteiger partial charge in [-0.3, -0.25) is 10.1 Å². The summed E-state index contributed by atoms with van der Waals surface area (Å²) in [5.41, 5.74) is 1.53. The first-order chi connectivity index (χ1) is 12.5. The van der Waals surface area contributed by atoms with Gasteiger partial charge in [-0.15, -0.1) is 11.3 Å². The van der Waals surface area contributed by atoms with Crippen LogP contribution in [0.4, 0.5) is 5.13 Å². The third-order valence-electron chi connectivity index (χ3n) is 3.45. The molecule has 1 aromatic carbocycles. The minimum atomic E-state index is -0.487. The quantitative estimate of drug-likeness (QED) is 0.670. The number of thiazole rings is 2. The summed E-state index contributed by atoms with van der Waals surface area (Å²) in [7, 11) is 2.90. The van der Waals surface area contributed by atoms with E-state index < -0.39 is 5.97 Å². The van der Waals surface area contributed by atoms with E-state index in [1.165, 1.54) is 24.6 Å². The highest BCUT2D eigenvalue weighted by Gasteiger charge is 2.18. The molecular weight excluding hydrogens is 374 g/mol. The summed E-state index contributed by atoms with van der Waals surface area (Å²) in [5.74, 6) is -0.0468. The predicted octanol–water partition coefficient (Wildman–Crippen LogP) is 3.62. The van der Waals surface area contributed by atoms with Gasteiger partial charge in [0.15, 0.2) is 5.13 Å². The smallest absolute Gasteiger partial charge is 0.349 e. The molecule has 0 atom stereocenters. The second kappa shape index (κ2) is 7.63. The van der Waals surface area contributed by atoms with Crippen LogP contribution >= 0.6 is 22.7 Å². The van der Waals surface area contributed by atoms with Crippen molar-refractivity contribution in [2.75, 3.05) is 19.5 Å². The number of carbonyl (C=O) groups excluding carboxylic acids is 2. The third kappa shape index (κ3) is 3.73. The molecule has 134 valence electrons. The highest BCUT2D eigenvalue weighted by atomic mass is 32.1. The Labute approximate surface area is 157 Å². The van der Waals surface area contributed by atoms with Crippen LogP contribution in [0.25, 0.3) is 10.6 Å². The molecule has 26 heavy (non-hydrogen) atoms. The first-order valence-electron chi connectivity index (χ1n) is 7.49. The van der Waals surface area contributed by atoms with E-state index in [0.717, 1.165) is 27.7 Å². The lowest BCUT2D eigenvalue weighted by Crippen LogP contribution is -2.11. The molecule has 0 aliphatic heterocycles. The van der Waals surface area contributed by atoms with Crippen LogP contribution in [0.2, 0.25) is 0 Å². The van der Waals surface area contributed by atoms with Gasteiger partial charge in [-0.1, -0.05) is 11.3 Å². The average Bonchev–Trinajstić information content (AvgIpc) is 3.28. The van der Waals surface area contributed by atoms with Crippen LogP contribution in [0.1, 0.15) is 25.0 Å². The number of esters is 1. The number of aromatic nitrogens is 2. The molecule has 0 aliphatic carbocycles. The lowest BCUT2D eigenvalue weighted by atomic mass is 10.2. The predicted molar refractivity (Wildman–Crippen MR) is 100 cm³/mol. The van der Waals surface area contributed by atoms with Crippen LogP contribution in [0.5, 0.6) is 5.75 Å². The molecule has 0 saturated heterocycles. The molecule has 2 heterocycles. The molecule has 0 bridgehead atoms. The Hall–Kier alpha value is -2.78. The monoisotopic (exact) mass is 389 g/mol. The Morgan fingerprint density at radius 1 is 1.12 bits per heavy atom. The summed E-state index contributed by atoms with van der Waals surface area (Å²) in [6.07, 6.45) is 1.37. The summed E-state index contributed by atoms with van der Waals surface area (Å²) in [6, 6.07) is 7.47. The van der Waals surface area contributed by atoms with E-state index in [-0.39, 0.29) is 5.91 Å². The van der Waals surface area contributed by atoms with Crippen LogP contribution in [-0.4, -0.2) is 36.1 Å². The molecule has 7 nitrogen and oxygen atoms in total. The largest absolute Gasteiger partial charge is 0.497 e. The van der Waals surface area contributed by atoms with Crippen molar-refractivity contribution in [2.45, 2.75) is 6.92 Å². The van der Waals surface area contributed by atoms with Gasteiger partial charge in [0.25, 0.3) is 5.91 Å². The van der Waals surface area contributed by atoms with E-state index >= 15 is 0 Å². The summed E-state index contributed by atoms with van der Waals surface area (Å²) < 4.78 is 9.77. The van der Waals surface area contributed by atoms with Crippen molar-refractivity contribution in [3.8, 4) is 16.3 Å². The molecule has 9 heteroatoms. The summed E-state index contributed by atoms with van der Waals surface area (Å²) in [6.45, 7) is 1.78. The average molecular weight is 389 g/mol. The number of aryl methyl sites for hydroxylation is 1. The number of nitrogens with zero attached hydrogens (tertiary/aromatic N) is 2. The van der Waals surface area contributed by atoms with Gasteiger partial charge in [-0.2, -0.15) is 0 Å². The molecule has 0 spiro atoms. The van der Waals surface area contributed by atoms with E-state index in [2.05, 4.69) is 20.0 Å². The second-order valence-electron chi connectivity index (χ2n) is 5.14. The Morgan fingerprint density at radius 3 is 2.50 bits per heavy atom. The maximum absolute atomic E-state index is 12.5. The lowest BCUT2D eigenvalue weighted by molar-refractivity contribution is 0.0606. The summed E-state index contributed by atoms with van der Waals surface area (Å²) >= 11 is 2.35. The van der Waals surface area contributed by atoms with Crippen molar-refractivity contribution in [3.63, 3.8) is 0 Å². The van der Waals surface area contributed by atoms with Crippen LogP contribution in [0.3, 0.4) is 0 Å². The summed E-state index contributed by atoms with van der Waals surface area (Å²) in [4.78, 5) is 33.3. The zero-order valence-corrected chi connectivity index (χ0v) is 15.9. The van der Waals surface area contributed by atoms with E-state index in [1.54, 1.807) is 14.0 Å². The van der Waals surface area contributed by atoms with Crippen molar-refractivity contribution in [3.05, 3.63) is 45.9 Å². The van der Waals surface area contributed by atoms with Crippen LogP contribution in [-0.2, 0) is 4.74 Å². The Bertz CT molecular complexity index is 947. The molecule has 2 aromatic heterocycles. The molecular formula is C17H15N3O4S2. The standard InChI is InChI=1S/C17H15N3O4S2/c1-9-13(14(21)20-17-18-8-12(25-17)16(22)24-3)26-15(19-9)10-4-6-11(23-2)7-5-10/h4-8H,1-3H3,(H,18,20,21). The van der Waals surface area contributed by atoms with E-state index in [4.69, 9.17) is 4.74 Å². The lowest BCUT2D eigenvalue weighted by Gasteiger charge is -2.00. The van der Waals surface area contributed by atoms with Crippen molar-refractivity contribution in [2.24, 2.45) is 0 Å². The van der Waals surface area contributed by atoms with Crippen molar-refractivity contribution in [1.29, 1.82) is 0 Å².